The summed E-state index contributed by atoms with van der Waals surface area (Å²) < 4.78 is 5.07. The van der Waals surface area contributed by atoms with Gasteiger partial charge in [0, 0.05) is 6.20 Å². The minimum absolute atomic E-state index is 0.280. The lowest BCUT2D eigenvalue weighted by Crippen LogP contribution is -2.26. The molecule has 1 aromatic rings. The highest BCUT2D eigenvalue weighted by atomic mass is 16.6. The van der Waals surface area contributed by atoms with Gasteiger partial charge in [0.1, 0.15) is 11.8 Å². The molecule has 0 bridgehead atoms. The average molecular weight is 251 g/mol. The van der Waals surface area contributed by atoms with E-state index in [4.69, 9.17) is 4.74 Å². The molecular weight excluding hydrogens is 230 g/mol. The van der Waals surface area contributed by atoms with Crippen molar-refractivity contribution in [1.82, 2.24) is 4.98 Å². The van der Waals surface area contributed by atoms with Gasteiger partial charge in [-0.25, -0.2) is 9.78 Å². The van der Waals surface area contributed by atoms with Crippen molar-refractivity contribution in [2.24, 2.45) is 0 Å². The normalized spacial score (nSPS) is 14.0. The Kier molecular flexibility index (Phi) is 5.78. The van der Waals surface area contributed by atoms with Crippen LogP contribution in [0.4, 0.5) is 0 Å². The number of esters is 1. The number of ether oxygens (including phenoxy) is 1. The number of pyridine rings is 1. The maximum absolute atomic E-state index is 11.7. The van der Waals surface area contributed by atoms with E-state index in [1.165, 1.54) is 0 Å². The first-order valence-corrected chi connectivity index (χ1v) is 6.38. The van der Waals surface area contributed by atoms with Gasteiger partial charge in [0.25, 0.3) is 0 Å². The van der Waals surface area contributed by atoms with Crippen LogP contribution in [0.3, 0.4) is 0 Å². The van der Waals surface area contributed by atoms with E-state index < -0.39 is 18.2 Å². The number of aromatic nitrogens is 1. The van der Waals surface area contributed by atoms with Gasteiger partial charge in [0.2, 0.25) is 0 Å². The van der Waals surface area contributed by atoms with Gasteiger partial charge in [0.15, 0.2) is 0 Å². The maximum atomic E-state index is 11.7. The molecule has 0 unspecified atom stereocenters. The number of aliphatic hydroxyl groups excluding tert-OH is 1. The Morgan fingerprint density at radius 2 is 2.17 bits per heavy atom. The Morgan fingerprint density at radius 1 is 1.44 bits per heavy atom. The van der Waals surface area contributed by atoms with Crippen molar-refractivity contribution in [3.63, 3.8) is 0 Å². The lowest BCUT2D eigenvalue weighted by Gasteiger charge is -2.15. The summed E-state index contributed by atoms with van der Waals surface area (Å²) in [7, 11) is 0. The van der Waals surface area contributed by atoms with Crippen LogP contribution in [0, 0.1) is 0 Å². The zero-order valence-corrected chi connectivity index (χ0v) is 11.2. The minimum atomic E-state index is -0.683. The Morgan fingerprint density at radius 3 is 2.67 bits per heavy atom. The predicted molar refractivity (Wildman–Crippen MR) is 69.4 cm³/mol. The van der Waals surface area contributed by atoms with Crippen LogP contribution in [0.1, 0.15) is 49.7 Å². The molecule has 0 aliphatic carbocycles. The lowest BCUT2D eigenvalue weighted by molar-refractivity contribution is -0.00520. The van der Waals surface area contributed by atoms with Gasteiger partial charge in [-0.2, -0.15) is 0 Å². The van der Waals surface area contributed by atoms with E-state index in [-0.39, 0.29) is 5.69 Å². The summed E-state index contributed by atoms with van der Waals surface area (Å²) in [4.78, 5) is 15.8. The number of carbonyl (C=O) groups excluding carboxylic acids is 1. The monoisotopic (exact) mass is 251 g/mol. The molecule has 0 amide bonds. The van der Waals surface area contributed by atoms with Gasteiger partial charge in [0.05, 0.1) is 6.10 Å². The SMILES string of the molecule is CCCCc1ccc(C(=O)O[C@@H](C)[C@@H](C)O)nc1. The molecule has 0 aromatic carbocycles. The smallest absolute Gasteiger partial charge is 0.357 e. The van der Waals surface area contributed by atoms with Crippen LogP contribution in [0.5, 0.6) is 0 Å². The van der Waals surface area contributed by atoms with Crippen molar-refractivity contribution < 1.29 is 14.6 Å². The van der Waals surface area contributed by atoms with E-state index in [0.29, 0.717) is 0 Å². The fraction of sp³-hybridized carbons (Fsp3) is 0.571. The highest BCUT2D eigenvalue weighted by Gasteiger charge is 2.16. The van der Waals surface area contributed by atoms with Crippen LogP contribution in [-0.2, 0) is 11.2 Å². The number of hydrogen-bond acceptors (Lipinski definition) is 4. The van der Waals surface area contributed by atoms with Crippen LogP contribution in [0.15, 0.2) is 18.3 Å². The Balaban J connectivity index is 2.59. The summed E-state index contributed by atoms with van der Waals surface area (Å²) in [5.74, 6) is -0.495. The van der Waals surface area contributed by atoms with Crippen LogP contribution < -0.4 is 0 Å². The topological polar surface area (TPSA) is 59.4 Å². The quantitative estimate of drug-likeness (QED) is 0.788. The third-order valence-electron chi connectivity index (χ3n) is 2.83. The molecule has 18 heavy (non-hydrogen) atoms. The van der Waals surface area contributed by atoms with E-state index in [2.05, 4.69) is 11.9 Å². The summed E-state index contributed by atoms with van der Waals surface area (Å²) in [5.41, 5.74) is 1.40. The largest absolute Gasteiger partial charge is 0.455 e. The molecule has 0 spiro atoms. The number of aryl methyl sites for hydroxylation is 1. The first-order valence-electron chi connectivity index (χ1n) is 6.38. The van der Waals surface area contributed by atoms with Crippen molar-refractivity contribution in [1.29, 1.82) is 0 Å². The molecule has 0 saturated heterocycles. The number of rotatable bonds is 6. The van der Waals surface area contributed by atoms with Gasteiger partial charge < -0.3 is 9.84 Å². The molecule has 1 aromatic heterocycles. The molecule has 2 atom stereocenters. The molecule has 0 radical (unpaired) electrons. The fourth-order valence-corrected chi connectivity index (χ4v) is 1.40. The highest BCUT2D eigenvalue weighted by Crippen LogP contribution is 2.08. The summed E-state index contributed by atoms with van der Waals surface area (Å²) in [6, 6.07) is 3.56. The third-order valence-corrected chi connectivity index (χ3v) is 2.83. The van der Waals surface area contributed by atoms with E-state index in [9.17, 15) is 9.90 Å². The average Bonchev–Trinajstić information content (AvgIpc) is 2.36. The Labute approximate surface area is 108 Å². The zero-order valence-electron chi connectivity index (χ0n) is 11.2. The zero-order chi connectivity index (χ0) is 13.5. The second-order valence-corrected chi connectivity index (χ2v) is 4.51. The number of unbranched alkanes of at least 4 members (excludes halogenated alkanes) is 1. The van der Waals surface area contributed by atoms with E-state index >= 15 is 0 Å². The number of aliphatic hydroxyl groups is 1. The molecule has 4 heteroatoms. The predicted octanol–water partition coefficient (Wildman–Crippen LogP) is 2.35. The van der Waals surface area contributed by atoms with Gasteiger partial charge in [-0.1, -0.05) is 19.4 Å². The molecule has 0 aliphatic rings. The van der Waals surface area contributed by atoms with Crippen molar-refractivity contribution in [3.8, 4) is 0 Å². The van der Waals surface area contributed by atoms with Crippen LogP contribution in [-0.4, -0.2) is 28.3 Å². The number of nitrogens with zero attached hydrogens (tertiary/aromatic N) is 1. The number of carbonyl (C=O) groups is 1. The van der Waals surface area contributed by atoms with Crippen molar-refractivity contribution in [2.45, 2.75) is 52.2 Å². The molecule has 1 heterocycles. The minimum Gasteiger partial charge on any atom is -0.455 e. The molecule has 0 aliphatic heterocycles. The second kappa shape index (κ2) is 7.11. The van der Waals surface area contributed by atoms with E-state index in [0.717, 1.165) is 24.8 Å². The van der Waals surface area contributed by atoms with Gasteiger partial charge in [-0.05, 0) is 38.3 Å². The summed E-state index contributed by atoms with van der Waals surface area (Å²) >= 11 is 0. The molecular formula is C14H21NO3. The highest BCUT2D eigenvalue weighted by molar-refractivity contribution is 5.87. The van der Waals surface area contributed by atoms with Crippen molar-refractivity contribution in [3.05, 3.63) is 29.6 Å². The first-order chi connectivity index (χ1) is 8.54. The Hall–Kier alpha value is -1.42. The number of hydrogen-bond donors (Lipinski definition) is 1. The third kappa shape index (κ3) is 4.45. The molecule has 0 saturated carbocycles. The summed E-state index contributed by atoms with van der Waals surface area (Å²) in [5, 5.41) is 9.26. The lowest BCUT2D eigenvalue weighted by atomic mass is 10.1. The summed E-state index contributed by atoms with van der Waals surface area (Å²) in [6.07, 6.45) is 3.72. The van der Waals surface area contributed by atoms with Crippen LogP contribution in [0.25, 0.3) is 0 Å². The molecule has 0 fully saturated rings. The van der Waals surface area contributed by atoms with Crippen molar-refractivity contribution >= 4 is 5.97 Å². The van der Waals surface area contributed by atoms with Crippen LogP contribution >= 0.6 is 0 Å². The maximum Gasteiger partial charge on any atom is 0.357 e. The molecule has 100 valence electrons. The Bertz CT molecular complexity index is 373. The fourth-order valence-electron chi connectivity index (χ4n) is 1.40. The van der Waals surface area contributed by atoms with Crippen LogP contribution in [0.2, 0.25) is 0 Å². The van der Waals surface area contributed by atoms with Gasteiger partial charge in [-0.15, -0.1) is 0 Å². The van der Waals surface area contributed by atoms with E-state index in [1.54, 1.807) is 26.1 Å². The molecule has 4 nitrogen and oxygen atoms in total. The van der Waals surface area contributed by atoms with Gasteiger partial charge in [-0.3, -0.25) is 0 Å². The first kappa shape index (κ1) is 14.6. The molecule has 1 N–H and O–H groups in total. The van der Waals surface area contributed by atoms with E-state index in [1.807, 2.05) is 6.07 Å². The summed E-state index contributed by atoms with van der Waals surface area (Å²) in [6.45, 7) is 5.37. The molecule has 1 rings (SSSR count). The standard InChI is InChI=1S/C14H21NO3/c1-4-5-6-12-7-8-13(15-9-12)14(17)18-11(3)10(2)16/h7-11,16H,4-6H2,1-3H3/t10-,11+/m1/s1. The second-order valence-electron chi connectivity index (χ2n) is 4.51. The van der Waals surface area contributed by atoms with Gasteiger partial charge >= 0.3 is 5.97 Å². The van der Waals surface area contributed by atoms with Crippen molar-refractivity contribution in [2.75, 3.05) is 0 Å².